The molecule has 0 bridgehead atoms. The first-order valence-corrected chi connectivity index (χ1v) is 13.2. The number of benzene rings is 2. The van der Waals surface area contributed by atoms with Gasteiger partial charge < -0.3 is 0 Å². The lowest BCUT2D eigenvalue weighted by atomic mass is 9.68. The van der Waals surface area contributed by atoms with Crippen LogP contribution < -0.4 is 0 Å². The van der Waals surface area contributed by atoms with Crippen LogP contribution in [0, 0.1) is 23.3 Å². The molecule has 2 aromatic heterocycles. The van der Waals surface area contributed by atoms with E-state index < -0.39 is 45.2 Å². The standard InChI is InChI=1S/C31H34F4N2/c1-6-14-31(9-4,23-26(34)24(32)22(25(33)27(23)35)30(5,7-2)8-3)17-19-16-21-13-12-20-11-10-15-36-28(20)29(21)37-18-19/h10-13,15-16,18H,6-9,14,17H2,1-5H3. The summed E-state index contributed by atoms with van der Waals surface area (Å²) in [6.45, 7) is 8.90. The van der Waals surface area contributed by atoms with E-state index in [2.05, 4.69) is 9.97 Å². The molecule has 0 aliphatic carbocycles. The second kappa shape index (κ2) is 10.4. The van der Waals surface area contributed by atoms with E-state index in [0.29, 0.717) is 32.1 Å². The molecule has 0 aliphatic heterocycles. The zero-order chi connectivity index (χ0) is 27.0. The third-order valence-electron chi connectivity index (χ3n) is 8.39. The third kappa shape index (κ3) is 4.49. The van der Waals surface area contributed by atoms with Crippen LogP contribution in [-0.4, -0.2) is 9.97 Å². The van der Waals surface area contributed by atoms with Crippen molar-refractivity contribution in [1.29, 1.82) is 0 Å². The zero-order valence-corrected chi connectivity index (χ0v) is 22.2. The van der Waals surface area contributed by atoms with Gasteiger partial charge >= 0.3 is 0 Å². The van der Waals surface area contributed by atoms with Crippen LogP contribution in [0.2, 0.25) is 0 Å². The smallest absolute Gasteiger partial charge is 0.166 e. The Balaban J connectivity index is 1.89. The van der Waals surface area contributed by atoms with Crippen LogP contribution in [0.3, 0.4) is 0 Å². The van der Waals surface area contributed by atoms with E-state index in [9.17, 15) is 0 Å². The number of hydrogen-bond acceptors (Lipinski definition) is 2. The molecule has 0 aliphatic rings. The van der Waals surface area contributed by atoms with Crippen molar-refractivity contribution >= 4 is 21.8 Å². The van der Waals surface area contributed by atoms with E-state index in [1.807, 2.05) is 44.2 Å². The SMILES string of the molecule is CCCC(CC)(Cc1cnc2c(ccc3cccnc32)c1)c1c(F)c(F)c(C(C)(CC)CC)c(F)c1F. The number of fused-ring (bicyclic) bond motifs is 3. The highest BCUT2D eigenvalue weighted by Gasteiger charge is 2.42. The molecule has 0 saturated heterocycles. The van der Waals surface area contributed by atoms with Gasteiger partial charge in [0.05, 0.1) is 11.0 Å². The Morgan fingerprint density at radius 3 is 1.92 bits per heavy atom. The quantitative estimate of drug-likeness (QED) is 0.127. The first-order chi connectivity index (χ1) is 17.7. The summed E-state index contributed by atoms with van der Waals surface area (Å²) in [5.74, 6) is -5.10. The van der Waals surface area contributed by atoms with Crippen LogP contribution in [0.4, 0.5) is 17.6 Å². The molecule has 2 heterocycles. The highest BCUT2D eigenvalue weighted by Crippen LogP contribution is 2.45. The second-order valence-electron chi connectivity index (χ2n) is 10.4. The highest BCUT2D eigenvalue weighted by atomic mass is 19.2. The van der Waals surface area contributed by atoms with Gasteiger partial charge in [0.25, 0.3) is 0 Å². The summed E-state index contributed by atoms with van der Waals surface area (Å²) in [4.78, 5) is 9.08. The van der Waals surface area contributed by atoms with E-state index in [1.165, 1.54) is 0 Å². The summed E-state index contributed by atoms with van der Waals surface area (Å²) in [5, 5.41) is 1.81. The van der Waals surface area contributed by atoms with E-state index in [1.54, 1.807) is 33.2 Å². The minimum atomic E-state index is -1.28. The van der Waals surface area contributed by atoms with Crippen LogP contribution >= 0.6 is 0 Å². The summed E-state index contributed by atoms with van der Waals surface area (Å²) in [6, 6.07) is 9.64. The second-order valence-corrected chi connectivity index (χ2v) is 10.4. The normalized spacial score (nSPS) is 13.9. The Hall–Kier alpha value is -3.02. The average molecular weight is 511 g/mol. The molecule has 37 heavy (non-hydrogen) atoms. The summed E-state index contributed by atoms with van der Waals surface area (Å²) in [7, 11) is 0. The van der Waals surface area contributed by atoms with Crippen molar-refractivity contribution in [2.75, 3.05) is 0 Å². The Bertz CT molecular complexity index is 1420. The minimum Gasteiger partial charge on any atom is -0.254 e. The summed E-state index contributed by atoms with van der Waals surface area (Å²) < 4.78 is 62.8. The number of halogens is 4. The molecule has 1 atom stereocenters. The maximum Gasteiger partial charge on any atom is 0.166 e. The lowest BCUT2D eigenvalue weighted by Crippen LogP contribution is -2.34. The number of hydrogen-bond donors (Lipinski definition) is 0. The molecule has 4 rings (SSSR count). The lowest BCUT2D eigenvalue weighted by Gasteiger charge is -2.36. The van der Waals surface area contributed by atoms with Gasteiger partial charge in [0.2, 0.25) is 0 Å². The molecule has 2 nitrogen and oxygen atoms in total. The van der Waals surface area contributed by atoms with Crippen molar-refractivity contribution < 1.29 is 17.6 Å². The van der Waals surface area contributed by atoms with Gasteiger partial charge in [-0.05, 0) is 55.2 Å². The van der Waals surface area contributed by atoms with E-state index in [0.717, 1.165) is 27.4 Å². The molecular weight excluding hydrogens is 476 g/mol. The van der Waals surface area contributed by atoms with Crippen molar-refractivity contribution in [1.82, 2.24) is 9.97 Å². The summed E-state index contributed by atoms with van der Waals surface area (Å²) in [5.41, 5.74) is -0.885. The molecular formula is C31H34F4N2. The molecule has 0 saturated carbocycles. The van der Waals surface area contributed by atoms with Crippen LogP contribution in [0.25, 0.3) is 21.8 Å². The Morgan fingerprint density at radius 2 is 1.32 bits per heavy atom. The van der Waals surface area contributed by atoms with Gasteiger partial charge in [-0.1, -0.05) is 59.2 Å². The van der Waals surface area contributed by atoms with Gasteiger partial charge in [-0.2, -0.15) is 0 Å². The van der Waals surface area contributed by atoms with Crippen molar-refractivity contribution in [3.05, 3.63) is 82.7 Å². The van der Waals surface area contributed by atoms with Gasteiger partial charge in [-0.25, -0.2) is 17.6 Å². The molecule has 0 radical (unpaired) electrons. The Labute approximate surface area is 216 Å². The van der Waals surface area contributed by atoms with Crippen LogP contribution in [0.1, 0.15) is 83.4 Å². The van der Waals surface area contributed by atoms with E-state index in [4.69, 9.17) is 0 Å². The molecule has 4 aromatic rings. The van der Waals surface area contributed by atoms with Gasteiger partial charge in [0, 0.05) is 39.7 Å². The number of aromatic nitrogens is 2. The number of rotatable bonds is 9. The highest BCUT2D eigenvalue weighted by molar-refractivity contribution is 6.02. The lowest BCUT2D eigenvalue weighted by molar-refractivity contribution is 0.304. The molecule has 6 heteroatoms. The fraction of sp³-hybridized carbons (Fsp3) is 0.419. The van der Waals surface area contributed by atoms with Crippen molar-refractivity contribution in [3.8, 4) is 0 Å². The van der Waals surface area contributed by atoms with Crippen molar-refractivity contribution in [3.63, 3.8) is 0 Å². The topological polar surface area (TPSA) is 25.8 Å². The maximum atomic E-state index is 15.8. The fourth-order valence-electron chi connectivity index (χ4n) is 5.76. The first-order valence-electron chi connectivity index (χ1n) is 13.2. The molecule has 0 fully saturated rings. The van der Waals surface area contributed by atoms with Crippen LogP contribution in [0.15, 0.2) is 42.7 Å². The van der Waals surface area contributed by atoms with Gasteiger partial charge in [0.15, 0.2) is 23.3 Å². The summed E-state index contributed by atoms with van der Waals surface area (Å²) >= 11 is 0. The van der Waals surface area contributed by atoms with Crippen molar-refractivity contribution in [2.24, 2.45) is 0 Å². The number of nitrogens with zero attached hydrogens (tertiary/aromatic N) is 2. The molecule has 2 aromatic carbocycles. The van der Waals surface area contributed by atoms with E-state index >= 15 is 17.6 Å². The molecule has 0 N–H and O–H groups in total. The minimum absolute atomic E-state index is 0.200. The monoisotopic (exact) mass is 510 g/mol. The molecule has 0 amide bonds. The predicted octanol–water partition coefficient (Wildman–Crippen LogP) is 9.11. The fourth-order valence-corrected chi connectivity index (χ4v) is 5.76. The average Bonchev–Trinajstić information content (AvgIpc) is 2.91. The van der Waals surface area contributed by atoms with Gasteiger partial charge in [-0.15, -0.1) is 0 Å². The Kier molecular flexibility index (Phi) is 7.59. The predicted molar refractivity (Wildman–Crippen MR) is 142 cm³/mol. The molecule has 1 unspecified atom stereocenters. The van der Waals surface area contributed by atoms with Crippen LogP contribution in [0.5, 0.6) is 0 Å². The van der Waals surface area contributed by atoms with E-state index in [-0.39, 0.29) is 6.42 Å². The third-order valence-corrected chi connectivity index (χ3v) is 8.39. The van der Waals surface area contributed by atoms with Gasteiger partial charge in [0.1, 0.15) is 0 Å². The molecule has 0 spiro atoms. The van der Waals surface area contributed by atoms with Crippen molar-refractivity contribution in [2.45, 2.75) is 84.0 Å². The Morgan fingerprint density at radius 1 is 0.730 bits per heavy atom. The zero-order valence-electron chi connectivity index (χ0n) is 22.2. The maximum absolute atomic E-state index is 15.8. The first kappa shape index (κ1) is 27.0. The summed E-state index contributed by atoms with van der Waals surface area (Å²) in [6.07, 6.45) is 5.57. The van der Waals surface area contributed by atoms with Gasteiger partial charge in [-0.3, -0.25) is 9.97 Å². The van der Waals surface area contributed by atoms with Crippen LogP contribution in [-0.2, 0) is 17.3 Å². The number of pyridine rings is 2. The largest absolute Gasteiger partial charge is 0.254 e. The molecule has 196 valence electrons.